The predicted molar refractivity (Wildman–Crippen MR) is 54.3 cm³/mol. The third-order valence-corrected chi connectivity index (χ3v) is 4.34. The Hall–Kier alpha value is -0.0500. The molecule has 1 heterocycles. The molecule has 3 atom stereocenters. The average Bonchev–Trinajstić information content (AvgIpc) is 2.19. The first-order chi connectivity index (χ1) is 8.84. The molecule has 2 unspecified atom stereocenters. The van der Waals surface area contributed by atoms with Crippen LogP contribution in [0.5, 0.6) is 0 Å². The quantitative estimate of drug-likeness (QED) is 0.347. The van der Waals surface area contributed by atoms with Crippen molar-refractivity contribution in [1.82, 2.24) is 0 Å². The minimum atomic E-state index is -6.44. The highest BCUT2D eigenvalue weighted by Crippen LogP contribution is 2.63. The molecule has 1 rings (SSSR count). The van der Waals surface area contributed by atoms with Crippen molar-refractivity contribution < 1.29 is 53.7 Å². The molecule has 0 aliphatic carbocycles. The number of hydrogen-bond acceptors (Lipinski definition) is 2. The number of aliphatic hydroxyl groups is 1. The van der Waals surface area contributed by atoms with Crippen LogP contribution in [0, 0.1) is 0 Å². The summed E-state index contributed by atoms with van der Waals surface area (Å²) in [5, 5.41) is 8.90. The zero-order chi connectivity index (χ0) is 17.3. The van der Waals surface area contributed by atoms with Crippen molar-refractivity contribution in [2.75, 3.05) is 0 Å². The van der Waals surface area contributed by atoms with E-state index in [0.29, 0.717) is 0 Å². The number of alkyl halides is 11. The van der Waals surface area contributed by atoms with Crippen molar-refractivity contribution in [3.63, 3.8) is 0 Å². The normalized spacial score (nSPS) is 40.1. The molecule has 126 valence electrons. The van der Waals surface area contributed by atoms with Gasteiger partial charge in [0, 0.05) is 0 Å². The van der Waals surface area contributed by atoms with E-state index in [1.54, 1.807) is 0 Å². The summed E-state index contributed by atoms with van der Waals surface area (Å²) in [6.07, 6.45) is -17.1. The maximum Gasteiger partial charge on any atom is 0.449 e. The van der Waals surface area contributed by atoms with Crippen LogP contribution >= 0.6 is 22.6 Å². The first kappa shape index (κ1) is 19.0. The van der Waals surface area contributed by atoms with Crippen LogP contribution in [-0.4, -0.2) is 44.6 Å². The summed E-state index contributed by atoms with van der Waals surface area (Å²) < 4.78 is 128. The summed E-state index contributed by atoms with van der Waals surface area (Å²) in [4.78, 5) is 0. The van der Waals surface area contributed by atoms with Gasteiger partial charge in [0.25, 0.3) is 0 Å². The Kier molecular flexibility index (Phi) is 4.06. The second-order valence-electron chi connectivity index (χ2n) is 4.38. The van der Waals surface area contributed by atoms with Crippen LogP contribution in [0.1, 0.15) is 6.92 Å². The second kappa shape index (κ2) is 4.49. The number of hydrogen-bond donors (Lipinski definition) is 1. The van der Waals surface area contributed by atoms with Gasteiger partial charge in [-0.1, -0.05) is 22.6 Å². The van der Waals surface area contributed by atoms with Crippen LogP contribution < -0.4 is 0 Å². The molecule has 0 aromatic rings. The molecule has 0 aromatic carbocycles. The number of rotatable bonds is 0. The summed E-state index contributed by atoms with van der Waals surface area (Å²) in [5.41, 5.74) is 0. The van der Waals surface area contributed by atoms with Gasteiger partial charge in [0.15, 0.2) is 3.42 Å². The zero-order valence-corrected chi connectivity index (χ0v) is 11.7. The van der Waals surface area contributed by atoms with Gasteiger partial charge in [-0.2, -0.15) is 35.1 Å². The van der Waals surface area contributed by atoms with Gasteiger partial charge in [0.2, 0.25) is 6.10 Å². The second-order valence-corrected chi connectivity index (χ2v) is 6.54. The van der Waals surface area contributed by atoms with Crippen LogP contribution in [0.15, 0.2) is 0 Å². The molecule has 21 heavy (non-hydrogen) atoms. The van der Waals surface area contributed by atoms with Crippen LogP contribution in [0.2, 0.25) is 0 Å². The van der Waals surface area contributed by atoms with E-state index in [1.165, 1.54) is 0 Å². The topological polar surface area (TPSA) is 29.5 Å². The Morgan fingerprint density at radius 2 is 1.38 bits per heavy atom. The van der Waals surface area contributed by atoms with E-state index in [2.05, 4.69) is 4.74 Å². The summed E-state index contributed by atoms with van der Waals surface area (Å²) in [6.45, 7) is -0.231. The lowest BCUT2D eigenvalue weighted by atomic mass is 9.83. The van der Waals surface area contributed by atoms with Crippen molar-refractivity contribution in [1.29, 1.82) is 0 Å². The van der Waals surface area contributed by atoms with E-state index in [4.69, 9.17) is 5.11 Å². The minimum absolute atomic E-state index is 0.0569. The van der Waals surface area contributed by atoms with Crippen LogP contribution in [0.25, 0.3) is 0 Å². The summed E-state index contributed by atoms with van der Waals surface area (Å²) >= 11 is 0.0569. The molecule has 0 spiro atoms. The van der Waals surface area contributed by atoms with E-state index < -0.39 is 39.5 Å². The summed E-state index contributed by atoms with van der Waals surface area (Å²) in [6, 6.07) is 0. The molecule has 1 fully saturated rings. The third-order valence-electron chi connectivity index (χ3n) is 2.94. The van der Waals surface area contributed by atoms with Crippen molar-refractivity contribution in [3.8, 4) is 0 Å². The van der Waals surface area contributed by atoms with E-state index in [9.17, 15) is 43.9 Å². The molecule has 0 radical (unpaired) electrons. The molecule has 0 aromatic heterocycles. The predicted octanol–water partition coefficient (Wildman–Crippen LogP) is 3.66. The van der Waals surface area contributed by atoms with Gasteiger partial charge in [0.05, 0.1) is 0 Å². The summed E-state index contributed by atoms with van der Waals surface area (Å²) in [5.74, 6) is -16.9. The SMILES string of the molecule is C[C@@]1(I)C(F)(F)C(C(F)(F)F)OC(O)(C(F)(F)F)C1(F)F. The maximum absolute atomic E-state index is 13.6. The lowest BCUT2D eigenvalue weighted by Gasteiger charge is -2.53. The Balaban J connectivity index is 3.63. The Morgan fingerprint density at radius 3 is 1.67 bits per heavy atom. The highest BCUT2D eigenvalue weighted by atomic mass is 127. The standard InChI is InChI=1S/C8H5F10IO2/c1-3(19)4(9,10)2(5(11,12)13)21-7(20,6(3,14)15)8(16,17)18/h2,20H,1H3/t2?,3-,7?/m1/s1. The first-order valence-electron chi connectivity index (χ1n) is 4.82. The lowest BCUT2D eigenvalue weighted by molar-refractivity contribution is -0.500. The van der Waals surface area contributed by atoms with E-state index >= 15 is 0 Å². The Labute approximate surface area is 123 Å². The largest absolute Gasteiger partial charge is 0.449 e. The molecule has 0 bridgehead atoms. The van der Waals surface area contributed by atoms with Gasteiger partial charge < -0.3 is 9.84 Å². The van der Waals surface area contributed by atoms with Crippen molar-refractivity contribution in [3.05, 3.63) is 0 Å². The molecular formula is C8H5F10IO2. The van der Waals surface area contributed by atoms with E-state index in [1.807, 2.05) is 0 Å². The maximum atomic E-state index is 13.6. The number of halogens is 11. The van der Waals surface area contributed by atoms with Crippen molar-refractivity contribution in [2.45, 2.75) is 46.4 Å². The van der Waals surface area contributed by atoms with Gasteiger partial charge in [-0.15, -0.1) is 0 Å². The average molecular weight is 450 g/mol. The lowest BCUT2D eigenvalue weighted by Crippen LogP contribution is -2.80. The van der Waals surface area contributed by atoms with Crippen LogP contribution in [-0.2, 0) is 4.74 Å². The fourth-order valence-corrected chi connectivity index (χ4v) is 2.26. The van der Waals surface area contributed by atoms with Gasteiger partial charge in [-0.05, 0) is 6.92 Å². The molecular weight excluding hydrogens is 445 g/mol. The Bertz CT molecular complexity index is 428. The van der Waals surface area contributed by atoms with Gasteiger partial charge in [0.1, 0.15) is 0 Å². The van der Waals surface area contributed by atoms with Gasteiger partial charge in [-0.25, -0.2) is 8.78 Å². The minimum Gasteiger partial charge on any atom is -0.354 e. The van der Waals surface area contributed by atoms with Gasteiger partial charge >= 0.3 is 30.0 Å². The van der Waals surface area contributed by atoms with E-state index in [-0.39, 0.29) is 29.5 Å². The molecule has 1 aliphatic heterocycles. The molecule has 1 saturated heterocycles. The monoisotopic (exact) mass is 450 g/mol. The third kappa shape index (κ3) is 2.29. The van der Waals surface area contributed by atoms with Crippen molar-refractivity contribution in [2.24, 2.45) is 0 Å². The fourth-order valence-electron chi connectivity index (χ4n) is 1.61. The van der Waals surface area contributed by atoms with Crippen LogP contribution in [0.4, 0.5) is 43.9 Å². The highest BCUT2D eigenvalue weighted by molar-refractivity contribution is 14.1. The molecule has 1 aliphatic rings. The molecule has 13 heteroatoms. The fraction of sp³-hybridized carbons (Fsp3) is 1.00. The smallest absolute Gasteiger partial charge is 0.354 e. The van der Waals surface area contributed by atoms with Crippen LogP contribution in [0.3, 0.4) is 0 Å². The Morgan fingerprint density at radius 1 is 1.00 bits per heavy atom. The first-order valence-corrected chi connectivity index (χ1v) is 5.90. The van der Waals surface area contributed by atoms with E-state index in [0.717, 1.165) is 0 Å². The molecule has 1 N–H and O–H groups in total. The van der Waals surface area contributed by atoms with Crippen molar-refractivity contribution >= 4 is 22.6 Å². The summed E-state index contributed by atoms with van der Waals surface area (Å²) in [7, 11) is 0. The highest BCUT2D eigenvalue weighted by Gasteiger charge is 2.88. The molecule has 0 amide bonds. The molecule has 2 nitrogen and oxygen atoms in total. The zero-order valence-electron chi connectivity index (χ0n) is 9.59. The molecule has 0 saturated carbocycles. The van der Waals surface area contributed by atoms with Gasteiger partial charge in [-0.3, -0.25) is 0 Å². The number of ether oxygens (including phenoxy) is 1.